The lowest BCUT2D eigenvalue weighted by molar-refractivity contribution is -0.870. The van der Waals surface area contributed by atoms with Crippen LogP contribution in [-0.2, 0) is 50.3 Å². The van der Waals surface area contributed by atoms with Crippen LogP contribution in [0.1, 0.15) is 178 Å². The Bertz CT molecular complexity index is 1340. The topological polar surface area (TPSA) is 137 Å². The number of carbonyl (C=O) groups excluding carboxylic acids is 2. The summed E-state index contributed by atoms with van der Waals surface area (Å²) in [5, 5.41) is 0. The van der Waals surface area contributed by atoms with Gasteiger partial charge in [-0.1, -0.05) is 103 Å². The molecule has 0 aromatic carbocycles. The standard InChI is InChI=1S/C46H82NO10P/c1-8-10-22-28-41-38(3)39(4)42(56-41)29-24-18-16-17-20-26-32-45(48)52-36-40(37-54-58(50,51)53-35-34-47(5,6)7)55-46(49)33-27-21-15-13-12-14-19-25-31-44-43(57-44)30-23-11-9-2/h19,25,40,43-44H,8-18,20-24,26-37H2,1-7H3/b25-19-/t40-,43?,44?/m1/s1. The second-order valence-electron chi connectivity index (χ2n) is 17.4. The molecule has 1 aromatic rings. The van der Waals surface area contributed by atoms with E-state index >= 15 is 0 Å². The third kappa shape index (κ3) is 25.6. The molecule has 0 radical (unpaired) electrons. The Balaban J connectivity index is 1.64. The number of rotatable bonds is 37. The number of hydrogen-bond donors (Lipinski definition) is 0. The maximum Gasteiger partial charge on any atom is 0.306 e. The monoisotopic (exact) mass is 840 g/mol. The molecule has 0 amide bonds. The highest BCUT2D eigenvalue weighted by molar-refractivity contribution is 7.45. The molecule has 4 atom stereocenters. The van der Waals surface area contributed by atoms with Gasteiger partial charge in [0.1, 0.15) is 31.3 Å². The van der Waals surface area contributed by atoms with E-state index in [2.05, 4.69) is 39.8 Å². The van der Waals surface area contributed by atoms with Crippen molar-refractivity contribution in [1.82, 2.24) is 0 Å². The number of carbonyl (C=O) groups is 2. The highest BCUT2D eigenvalue weighted by Crippen LogP contribution is 2.38. The fraction of sp³-hybridized carbons (Fsp3) is 0.826. The Morgan fingerprint density at radius 1 is 0.724 bits per heavy atom. The van der Waals surface area contributed by atoms with Crippen molar-refractivity contribution in [1.29, 1.82) is 0 Å². The van der Waals surface area contributed by atoms with Crippen LogP contribution in [0.2, 0.25) is 0 Å². The fourth-order valence-electron chi connectivity index (χ4n) is 6.90. The molecule has 58 heavy (non-hydrogen) atoms. The summed E-state index contributed by atoms with van der Waals surface area (Å²) in [6.45, 7) is 8.43. The molecule has 1 fully saturated rings. The maximum atomic E-state index is 12.7. The number of hydrogen-bond acceptors (Lipinski definition) is 10. The molecule has 1 aliphatic heterocycles. The van der Waals surface area contributed by atoms with Gasteiger partial charge in [0.25, 0.3) is 7.82 Å². The zero-order valence-electron chi connectivity index (χ0n) is 37.7. The van der Waals surface area contributed by atoms with Crippen LogP contribution in [0.5, 0.6) is 0 Å². The summed E-state index contributed by atoms with van der Waals surface area (Å²) >= 11 is 0. The average molecular weight is 840 g/mol. The van der Waals surface area contributed by atoms with Crippen LogP contribution >= 0.6 is 7.82 Å². The minimum absolute atomic E-state index is 0.0432. The molecule has 336 valence electrons. The number of furan rings is 1. The number of aryl methyl sites for hydroxylation is 2. The normalized spacial score (nSPS) is 17.1. The third-order valence-electron chi connectivity index (χ3n) is 10.9. The van der Waals surface area contributed by atoms with Gasteiger partial charge in [0.2, 0.25) is 0 Å². The second-order valence-corrected chi connectivity index (χ2v) is 18.8. The lowest BCUT2D eigenvalue weighted by atomic mass is 10.0. The van der Waals surface area contributed by atoms with Crippen LogP contribution < -0.4 is 4.89 Å². The van der Waals surface area contributed by atoms with Gasteiger partial charge in [-0.25, -0.2) is 0 Å². The molecule has 2 heterocycles. The SMILES string of the molecule is CCCCCc1oc(CCCCCCCCC(=O)OC[C@H](COP(=O)([O-])OCC[N+](C)(C)C)OC(=O)CCCCCCC/C=C\CC2OC2CCCCC)c(C)c1C. The number of phosphoric acid groups is 1. The minimum atomic E-state index is -4.65. The number of phosphoric ester groups is 1. The largest absolute Gasteiger partial charge is 0.756 e. The number of epoxide rings is 1. The van der Waals surface area contributed by atoms with Crippen molar-refractivity contribution in [3.05, 3.63) is 34.8 Å². The fourth-order valence-corrected chi connectivity index (χ4v) is 7.63. The number of likely N-dealkylation sites (N-methyl/N-ethyl adjacent to an activating group) is 1. The lowest BCUT2D eigenvalue weighted by Gasteiger charge is -2.28. The molecule has 1 aliphatic rings. The molecule has 3 unspecified atom stereocenters. The summed E-state index contributed by atoms with van der Waals surface area (Å²) in [5.41, 5.74) is 2.60. The molecule has 1 aromatic heterocycles. The molecule has 0 saturated carbocycles. The smallest absolute Gasteiger partial charge is 0.306 e. The van der Waals surface area contributed by atoms with Crippen LogP contribution in [0.25, 0.3) is 0 Å². The van der Waals surface area contributed by atoms with E-state index in [1.54, 1.807) is 0 Å². The highest BCUT2D eigenvalue weighted by atomic mass is 31.2. The molecule has 0 spiro atoms. The summed E-state index contributed by atoms with van der Waals surface area (Å²) in [5.74, 6) is 1.39. The van der Waals surface area contributed by atoms with E-state index in [1.807, 2.05) is 21.1 Å². The molecule has 1 saturated heterocycles. The van der Waals surface area contributed by atoms with Gasteiger partial charge in [0, 0.05) is 25.7 Å². The molecule has 2 rings (SSSR count). The van der Waals surface area contributed by atoms with E-state index in [1.165, 1.54) is 56.1 Å². The van der Waals surface area contributed by atoms with E-state index in [0.717, 1.165) is 95.0 Å². The Labute approximate surface area is 352 Å². The summed E-state index contributed by atoms with van der Waals surface area (Å²) in [4.78, 5) is 37.7. The Morgan fingerprint density at radius 3 is 1.93 bits per heavy atom. The zero-order valence-corrected chi connectivity index (χ0v) is 38.6. The van der Waals surface area contributed by atoms with Crippen molar-refractivity contribution in [2.75, 3.05) is 47.5 Å². The van der Waals surface area contributed by atoms with Crippen LogP contribution in [0.15, 0.2) is 16.6 Å². The Hall–Kier alpha value is -2.01. The van der Waals surface area contributed by atoms with Crippen molar-refractivity contribution in [2.24, 2.45) is 0 Å². The van der Waals surface area contributed by atoms with E-state index in [0.29, 0.717) is 36.1 Å². The molecule has 0 aliphatic carbocycles. The van der Waals surface area contributed by atoms with Gasteiger partial charge in [0.05, 0.1) is 40.0 Å². The van der Waals surface area contributed by atoms with Gasteiger partial charge in [-0.15, -0.1) is 0 Å². The summed E-state index contributed by atoms with van der Waals surface area (Å²) in [6, 6.07) is 0. The van der Waals surface area contributed by atoms with Crippen LogP contribution in [0.3, 0.4) is 0 Å². The van der Waals surface area contributed by atoms with E-state index in [4.69, 9.17) is 27.7 Å². The summed E-state index contributed by atoms with van der Waals surface area (Å²) in [6.07, 6.45) is 28.1. The predicted molar refractivity (Wildman–Crippen MR) is 230 cm³/mol. The van der Waals surface area contributed by atoms with Crippen molar-refractivity contribution < 1.29 is 51.2 Å². The number of ether oxygens (including phenoxy) is 3. The van der Waals surface area contributed by atoms with E-state index in [-0.39, 0.29) is 26.1 Å². The zero-order chi connectivity index (χ0) is 42.7. The first kappa shape index (κ1) is 52.1. The van der Waals surface area contributed by atoms with Crippen LogP contribution in [-0.4, -0.2) is 82.2 Å². The molecule has 0 bridgehead atoms. The molecule has 11 nitrogen and oxygen atoms in total. The van der Waals surface area contributed by atoms with Gasteiger partial charge in [-0.05, 0) is 76.3 Å². The molecular formula is C46H82NO10P. The summed E-state index contributed by atoms with van der Waals surface area (Å²) < 4.78 is 46.0. The number of quaternary nitrogens is 1. The van der Waals surface area contributed by atoms with Gasteiger partial charge in [0.15, 0.2) is 6.10 Å². The number of nitrogens with zero attached hydrogens (tertiary/aromatic N) is 1. The van der Waals surface area contributed by atoms with Crippen LogP contribution in [0, 0.1) is 13.8 Å². The Kier molecular flexibility index (Phi) is 27.0. The first-order valence-electron chi connectivity index (χ1n) is 22.9. The van der Waals surface area contributed by atoms with Gasteiger partial charge >= 0.3 is 11.9 Å². The average Bonchev–Trinajstić information content (AvgIpc) is 3.86. The quantitative estimate of drug-likeness (QED) is 0.0159. The van der Waals surface area contributed by atoms with Crippen molar-refractivity contribution >= 4 is 19.8 Å². The summed E-state index contributed by atoms with van der Waals surface area (Å²) in [7, 11) is 1.12. The van der Waals surface area contributed by atoms with Crippen molar-refractivity contribution in [2.45, 2.75) is 200 Å². The lowest BCUT2D eigenvalue weighted by Crippen LogP contribution is -2.37. The van der Waals surface area contributed by atoms with Gasteiger partial charge in [-0.3, -0.25) is 14.2 Å². The predicted octanol–water partition coefficient (Wildman–Crippen LogP) is 10.6. The Morgan fingerprint density at radius 2 is 1.29 bits per heavy atom. The van der Waals surface area contributed by atoms with Crippen LogP contribution in [0.4, 0.5) is 0 Å². The first-order chi connectivity index (χ1) is 27.7. The highest BCUT2D eigenvalue weighted by Gasteiger charge is 2.36. The minimum Gasteiger partial charge on any atom is -0.756 e. The van der Waals surface area contributed by atoms with Gasteiger partial charge in [-0.2, -0.15) is 0 Å². The number of unbranched alkanes of at least 4 members (excludes halogenated alkanes) is 14. The second kappa shape index (κ2) is 30.1. The van der Waals surface area contributed by atoms with Crippen molar-refractivity contribution in [3.8, 4) is 0 Å². The molecule has 12 heteroatoms. The van der Waals surface area contributed by atoms with Crippen molar-refractivity contribution in [3.63, 3.8) is 0 Å². The molecular weight excluding hydrogens is 757 g/mol. The van der Waals surface area contributed by atoms with Gasteiger partial charge < -0.3 is 37.1 Å². The molecule has 0 N–H and O–H groups in total. The number of esters is 2. The maximum absolute atomic E-state index is 12.7. The van der Waals surface area contributed by atoms with E-state index < -0.39 is 32.5 Å². The first-order valence-corrected chi connectivity index (χ1v) is 24.3. The number of allylic oxidation sites excluding steroid dienone is 1. The third-order valence-corrected chi connectivity index (χ3v) is 11.9. The van der Waals surface area contributed by atoms with E-state index in [9.17, 15) is 19.0 Å².